The van der Waals surface area contributed by atoms with Crippen molar-refractivity contribution in [3.63, 3.8) is 0 Å². The minimum Gasteiger partial charge on any atom is -0.442 e. The number of thiazole rings is 1. The number of hydrogen-bond acceptors (Lipinski definition) is 9. The molecule has 0 aromatic carbocycles. The van der Waals surface area contributed by atoms with Gasteiger partial charge in [-0.3, -0.25) is 4.79 Å². The molecule has 0 bridgehead atoms. The lowest BCUT2D eigenvalue weighted by Crippen LogP contribution is -2.38. The van der Waals surface area contributed by atoms with Gasteiger partial charge >= 0.3 is 0 Å². The highest BCUT2D eigenvalue weighted by Crippen LogP contribution is 2.33. The summed E-state index contributed by atoms with van der Waals surface area (Å²) in [5, 5.41) is 3.91. The number of hydrogen-bond donors (Lipinski definition) is 1. The molecule has 2 aromatic heterocycles. The lowest BCUT2D eigenvalue weighted by Gasteiger charge is -2.32. The van der Waals surface area contributed by atoms with Crippen LogP contribution < -0.4 is 15.0 Å². The third-order valence-corrected chi connectivity index (χ3v) is 5.43. The molecule has 2 fully saturated rings. The molecule has 27 heavy (non-hydrogen) atoms. The van der Waals surface area contributed by atoms with Crippen molar-refractivity contribution >= 4 is 28.3 Å². The SMILES string of the molecule is COC1CC(C(=O)Nc2ncc(Oc3cnc(N4CCOCC4)nc3)s2)C1. The number of anilines is 2. The molecule has 9 nitrogen and oxygen atoms in total. The highest BCUT2D eigenvalue weighted by atomic mass is 32.1. The highest BCUT2D eigenvalue weighted by molar-refractivity contribution is 7.17. The van der Waals surface area contributed by atoms with Gasteiger partial charge in [0, 0.05) is 26.1 Å². The molecule has 1 saturated carbocycles. The molecule has 0 spiro atoms. The summed E-state index contributed by atoms with van der Waals surface area (Å²) in [6.07, 6.45) is 6.54. The molecular formula is C17H21N5O4S. The van der Waals surface area contributed by atoms with Crippen molar-refractivity contribution in [1.29, 1.82) is 0 Å². The summed E-state index contributed by atoms with van der Waals surface area (Å²) >= 11 is 1.27. The summed E-state index contributed by atoms with van der Waals surface area (Å²) in [5.41, 5.74) is 0. The zero-order valence-electron chi connectivity index (χ0n) is 15.0. The molecule has 10 heteroatoms. The number of nitrogens with zero attached hydrogens (tertiary/aromatic N) is 4. The molecule has 1 aliphatic heterocycles. The number of amides is 1. The average molecular weight is 391 g/mol. The number of carbonyl (C=O) groups excluding carboxylic acids is 1. The molecule has 0 unspecified atom stereocenters. The topological polar surface area (TPSA) is 98.7 Å². The fourth-order valence-electron chi connectivity index (χ4n) is 2.95. The lowest BCUT2D eigenvalue weighted by molar-refractivity contribution is -0.127. The van der Waals surface area contributed by atoms with Gasteiger partial charge in [-0.2, -0.15) is 0 Å². The first kappa shape index (κ1) is 18.1. The smallest absolute Gasteiger partial charge is 0.229 e. The summed E-state index contributed by atoms with van der Waals surface area (Å²) in [4.78, 5) is 27.1. The summed E-state index contributed by atoms with van der Waals surface area (Å²) in [6.45, 7) is 2.93. The largest absolute Gasteiger partial charge is 0.442 e. The van der Waals surface area contributed by atoms with Crippen molar-refractivity contribution < 1.29 is 19.0 Å². The second kappa shape index (κ2) is 8.15. The van der Waals surface area contributed by atoms with Gasteiger partial charge in [-0.1, -0.05) is 11.3 Å². The van der Waals surface area contributed by atoms with Crippen LogP contribution in [0.2, 0.25) is 0 Å². The van der Waals surface area contributed by atoms with Crippen molar-refractivity contribution in [2.24, 2.45) is 5.92 Å². The van der Waals surface area contributed by atoms with Gasteiger partial charge in [0.05, 0.1) is 37.9 Å². The van der Waals surface area contributed by atoms with E-state index >= 15 is 0 Å². The van der Waals surface area contributed by atoms with Crippen LogP contribution in [0, 0.1) is 5.92 Å². The number of ether oxygens (including phenoxy) is 3. The normalized spacial score (nSPS) is 22.2. The average Bonchev–Trinajstić information content (AvgIpc) is 3.09. The van der Waals surface area contributed by atoms with Gasteiger partial charge in [0.2, 0.25) is 16.9 Å². The van der Waals surface area contributed by atoms with E-state index < -0.39 is 0 Å². The van der Waals surface area contributed by atoms with E-state index in [2.05, 4.69) is 25.2 Å². The Balaban J connectivity index is 1.30. The van der Waals surface area contributed by atoms with Crippen LogP contribution in [0.5, 0.6) is 10.8 Å². The van der Waals surface area contributed by atoms with Gasteiger partial charge in [-0.05, 0) is 12.8 Å². The Morgan fingerprint density at radius 1 is 1.22 bits per heavy atom. The van der Waals surface area contributed by atoms with E-state index in [1.807, 2.05) is 0 Å². The van der Waals surface area contributed by atoms with Crippen LogP contribution in [-0.4, -0.2) is 60.4 Å². The molecule has 1 N–H and O–H groups in total. The first-order chi connectivity index (χ1) is 13.2. The standard InChI is InChI=1S/C17H21N5O4S/c1-24-12-6-11(7-12)15(23)21-17-20-10-14(27-17)26-13-8-18-16(19-9-13)22-2-4-25-5-3-22/h8-12H,2-7H2,1H3,(H,20,21,23). The summed E-state index contributed by atoms with van der Waals surface area (Å²) in [5.74, 6) is 1.15. The maximum atomic E-state index is 12.1. The number of carbonyl (C=O) groups is 1. The Morgan fingerprint density at radius 3 is 2.67 bits per heavy atom. The monoisotopic (exact) mass is 391 g/mol. The molecule has 2 aliphatic rings. The van der Waals surface area contributed by atoms with Crippen LogP contribution in [0.1, 0.15) is 12.8 Å². The van der Waals surface area contributed by atoms with Crippen LogP contribution in [0.25, 0.3) is 0 Å². The number of rotatable bonds is 6. The molecule has 1 saturated heterocycles. The molecule has 1 aliphatic carbocycles. The maximum Gasteiger partial charge on any atom is 0.229 e. The molecule has 144 valence electrons. The molecule has 0 radical (unpaired) electrons. The van der Waals surface area contributed by atoms with Crippen LogP contribution in [0.15, 0.2) is 18.6 Å². The van der Waals surface area contributed by atoms with Crippen LogP contribution in [0.3, 0.4) is 0 Å². The Bertz CT molecular complexity index is 772. The quantitative estimate of drug-likeness (QED) is 0.798. The third kappa shape index (κ3) is 4.34. The van der Waals surface area contributed by atoms with E-state index in [-0.39, 0.29) is 17.9 Å². The molecule has 3 heterocycles. The van der Waals surface area contributed by atoms with Gasteiger partial charge in [-0.15, -0.1) is 0 Å². The van der Waals surface area contributed by atoms with E-state index in [1.165, 1.54) is 11.3 Å². The van der Waals surface area contributed by atoms with Gasteiger partial charge in [0.25, 0.3) is 0 Å². The Kier molecular flexibility index (Phi) is 5.46. The van der Waals surface area contributed by atoms with Crippen molar-refractivity contribution in [2.45, 2.75) is 18.9 Å². The first-order valence-corrected chi connectivity index (χ1v) is 9.65. The van der Waals surface area contributed by atoms with E-state index in [4.69, 9.17) is 14.2 Å². The predicted octanol–water partition coefficient (Wildman–Crippen LogP) is 1.93. The van der Waals surface area contributed by atoms with Gasteiger partial charge < -0.3 is 24.4 Å². The summed E-state index contributed by atoms with van der Waals surface area (Å²) in [7, 11) is 1.67. The summed E-state index contributed by atoms with van der Waals surface area (Å²) < 4.78 is 16.3. The Hall–Kier alpha value is -2.30. The number of morpholine rings is 1. The lowest BCUT2D eigenvalue weighted by atomic mass is 9.82. The Labute approximate surface area is 160 Å². The minimum atomic E-state index is -0.0256. The second-order valence-corrected chi connectivity index (χ2v) is 7.41. The van der Waals surface area contributed by atoms with Crippen molar-refractivity contribution in [3.05, 3.63) is 18.6 Å². The second-order valence-electron chi connectivity index (χ2n) is 6.42. The fraction of sp³-hybridized carbons (Fsp3) is 0.529. The molecule has 2 aromatic rings. The van der Waals surface area contributed by atoms with Gasteiger partial charge in [0.15, 0.2) is 10.9 Å². The first-order valence-electron chi connectivity index (χ1n) is 8.83. The predicted molar refractivity (Wildman–Crippen MR) is 99.4 cm³/mol. The van der Waals surface area contributed by atoms with Gasteiger partial charge in [-0.25, -0.2) is 15.0 Å². The van der Waals surface area contributed by atoms with E-state index in [1.54, 1.807) is 25.7 Å². The third-order valence-electron chi connectivity index (χ3n) is 4.64. The highest BCUT2D eigenvalue weighted by Gasteiger charge is 2.34. The molecule has 1 amide bonds. The van der Waals surface area contributed by atoms with Crippen LogP contribution in [-0.2, 0) is 14.3 Å². The number of nitrogens with one attached hydrogen (secondary N) is 1. The minimum absolute atomic E-state index is 0.00986. The van der Waals surface area contributed by atoms with Crippen molar-refractivity contribution in [3.8, 4) is 10.8 Å². The number of aromatic nitrogens is 3. The van der Waals surface area contributed by atoms with E-state index in [0.717, 1.165) is 25.9 Å². The van der Waals surface area contributed by atoms with Crippen molar-refractivity contribution in [2.75, 3.05) is 43.6 Å². The van der Waals surface area contributed by atoms with Gasteiger partial charge in [0.1, 0.15) is 0 Å². The Morgan fingerprint density at radius 2 is 1.96 bits per heavy atom. The summed E-state index contributed by atoms with van der Waals surface area (Å²) in [6, 6.07) is 0. The van der Waals surface area contributed by atoms with E-state index in [0.29, 0.717) is 35.1 Å². The van der Waals surface area contributed by atoms with E-state index in [9.17, 15) is 4.79 Å². The molecule has 0 atom stereocenters. The zero-order chi connectivity index (χ0) is 18.6. The van der Waals surface area contributed by atoms with Crippen molar-refractivity contribution in [1.82, 2.24) is 15.0 Å². The number of methoxy groups -OCH3 is 1. The maximum absolute atomic E-state index is 12.1. The van der Waals surface area contributed by atoms with Crippen LogP contribution in [0.4, 0.5) is 11.1 Å². The molecular weight excluding hydrogens is 370 g/mol. The van der Waals surface area contributed by atoms with Crippen LogP contribution >= 0.6 is 11.3 Å². The zero-order valence-corrected chi connectivity index (χ0v) is 15.8. The molecule has 4 rings (SSSR count). The fourth-order valence-corrected chi connectivity index (χ4v) is 3.64.